The van der Waals surface area contributed by atoms with Gasteiger partial charge in [0.1, 0.15) is 5.82 Å². The van der Waals surface area contributed by atoms with Crippen LogP contribution in [0.2, 0.25) is 0 Å². The standard InChI is InChI=1S/C14H16N4O/c1-17-7-5-16-13(17)4-6-18-12-3-2-11(15)8-10(12)9-14(18)19/h2-3,5,7-8H,4,6,9,15H2,1H3. The molecule has 5 nitrogen and oxygen atoms in total. The minimum absolute atomic E-state index is 0.134. The molecular weight excluding hydrogens is 240 g/mol. The number of anilines is 2. The number of carbonyl (C=O) groups excluding carboxylic acids is 1. The van der Waals surface area contributed by atoms with Crippen LogP contribution in [0, 0.1) is 0 Å². The number of aromatic nitrogens is 2. The predicted octanol–water partition coefficient (Wildman–Crippen LogP) is 1.13. The number of aryl methyl sites for hydroxylation is 1. The van der Waals surface area contributed by atoms with Crippen molar-refractivity contribution in [2.75, 3.05) is 17.2 Å². The second-order valence-electron chi connectivity index (χ2n) is 4.81. The monoisotopic (exact) mass is 256 g/mol. The highest BCUT2D eigenvalue weighted by Crippen LogP contribution is 2.30. The number of fused-ring (bicyclic) bond motifs is 1. The van der Waals surface area contributed by atoms with Crippen LogP contribution < -0.4 is 10.6 Å². The highest BCUT2D eigenvalue weighted by molar-refractivity contribution is 6.01. The van der Waals surface area contributed by atoms with E-state index in [2.05, 4.69) is 4.98 Å². The Morgan fingerprint density at radius 2 is 2.26 bits per heavy atom. The molecule has 1 amide bonds. The SMILES string of the molecule is Cn1ccnc1CCN1C(=O)Cc2cc(N)ccc21. The fourth-order valence-electron chi connectivity index (χ4n) is 2.50. The molecule has 0 spiro atoms. The summed E-state index contributed by atoms with van der Waals surface area (Å²) in [7, 11) is 1.96. The molecule has 2 heterocycles. The number of hydrogen-bond donors (Lipinski definition) is 1. The molecule has 3 rings (SSSR count). The van der Waals surface area contributed by atoms with Crippen molar-refractivity contribution in [2.24, 2.45) is 7.05 Å². The van der Waals surface area contributed by atoms with Crippen molar-refractivity contribution in [3.05, 3.63) is 42.0 Å². The molecule has 0 radical (unpaired) electrons. The molecule has 5 heteroatoms. The number of imidazole rings is 1. The largest absolute Gasteiger partial charge is 0.399 e. The number of hydrogen-bond acceptors (Lipinski definition) is 3. The Morgan fingerprint density at radius 1 is 1.42 bits per heavy atom. The molecule has 1 aliphatic heterocycles. The van der Waals surface area contributed by atoms with Gasteiger partial charge in [-0.2, -0.15) is 0 Å². The molecule has 1 aromatic carbocycles. The molecule has 1 aromatic heterocycles. The van der Waals surface area contributed by atoms with Crippen LogP contribution in [0.3, 0.4) is 0 Å². The van der Waals surface area contributed by atoms with Crippen LogP contribution >= 0.6 is 0 Å². The summed E-state index contributed by atoms with van der Waals surface area (Å²) in [5.41, 5.74) is 8.45. The summed E-state index contributed by atoms with van der Waals surface area (Å²) >= 11 is 0. The fraction of sp³-hybridized carbons (Fsp3) is 0.286. The molecule has 0 unspecified atom stereocenters. The maximum atomic E-state index is 12.0. The van der Waals surface area contributed by atoms with Crippen molar-refractivity contribution >= 4 is 17.3 Å². The molecule has 0 fully saturated rings. The zero-order valence-corrected chi connectivity index (χ0v) is 10.8. The number of amides is 1. The second kappa shape index (κ2) is 4.42. The molecule has 1 aliphatic rings. The summed E-state index contributed by atoms with van der Waals surface area (Å²) < 4.78 is 1.98. The quantitative estimate of drug-likeness (QED) is 0.837. The van der Waals surface area contributed by atoms with Gasteiger partial charge in [-0.25, -0.2) is 4.98 Å². The van der Waals surface area contributed by atoms with Gasteiger partial charge in [0.25, 0.3) is 0 Å². The third-order valence-corrected chi connectivity index (χ3v) is 3.52. The Bertz CT molecular complexity index is 632. The van der Waals surface area contributed by atoms with E-state index < -0.39 is 0 Å². The van der Waals surface area contributed by atoms with Crippen molar-refractivity contribution in [3.63, 3.8) is 0 Å². The Labute approximate surface area is 111 Å². The van der Waals surface area contributed by atoms with E-state index >= 15 is 0 Å². The van der Waals surface area contributed by atoms with E-state index in [4.69, 9.17) is 5.73 Å². The molecule has 98 valence electrons. The lowest BCUT2D eigenvalue weighted by Gasteiger charge is -2.17. The summed E-state index contributed by atoms with van der Waals surface area (Å²) in [6.07, 6.45) is 4.88. The van der Waals surface area contributed by atoms with Crippen LogP contribution in [0.15, 0.2) is 30.6 Å². The summed E-state index contributed by atoms with van der Waals surface area (Å²) in [5, 5.41) is 0. The Morgan fingerprint density at radius 3 is 3.00 bits per heavy atom. The first-order valence-electron chi connectivity index (χ1n) is 6.30. The fourth-order valence-corrected chi connectivity index (χ4v) is 2.50. The van der Waals surface area contributed by atoms with Gasteiger partial charge in [0.2, 0.25) is 5.91 Å². The highest BCUT2D eigenvalue weighted by atomic mass is 16.2. The van der Waals surface area contributed by atoms with Gasteiger partial charge in [0, 0.05) is 43.8 Å². The molecular formula is C14H16N4O. The minimum Gasteiger partial charge on any atom is -0.399 e. The van der Waals surface area contributed by atoms with E-state index in [-0.39, 0.29) is 5.91 Å². The van der Waals surface area contributed by atoms with Crippen molar-refractivity contribution in [1.82, 2.24) is 9.55 Å². The zero-order chi connectivity index (χ0) is 13.4. The topological polar surface area (TPSA) is 64.2 Å². The van der Waals surface area contributed by atoms with Gasteiger partial charge in [-0.05, 0) is 23.8 Å². The van der Waals surface area contributed by atoms with Gasteiger partial charge in [0.15, 0.2) is 0 Å². The molecule has 0 saturated carbocycles. The number of carbonyl (C=O) groups is 1. The third-order valence-electron chi connectivity index (χ3n) is 3.52. The Balaban J connectivity index is 1.79. The number of nitrogen functional groups attached to an aromatic ring is 1. The van der Waals surface area contributed by atoms with Crippen LogP contribution in [0.4, 0.5) is 11.4 Å². The summed E-state index contributed by atoms with van der Waals surface area (Å²) in [4.78, 5) is 18.1. The van der Waals surface area contributed by atoms with Crippen molar-refractivity contribution in [3.8, 4) is 0 Å². The van der Waals surface area contributed by atoms with E-state index in [1.807, 2.05) is 40.9 Å². The highest BCUT2D eigenvalue weighted by Gasteiger charge is 2.27. The number of benzene rings is 1. The summed E-state index contributed by atoms with van der Waals surface area (Å²) in [5.74, 6) is 1.12. The lowest BCUT2D eigenvalue weighted by atomic mass is 10.1. The van der Waals surface area contributed by atoms with Crippen LogP contribution in [0.5, 0.6) is 0 Å². The normalized spacial score (nSPS) is 13.9. The maximum Gasteiger partial charge on any atom is 0.231 e. The summed E-state index contributed by atoms with van der Waals surface area (Å²) in [6, 6.07) is 5.65. The average molecular weight is 256 g/mol. The molecule has 0 aliphatic carbocycles. The predicted molar refractivity (Wildman–Crippen MR) is 73.8 cm³/mol. The van der Waals surface area contributed by atoms with Crippen molar-refractivity contribution in [1.29, 1.82) is 0 Å². The Kier molecular flexibility index (Phi) is 2.74. The Hall–Kier alpha value is -2.30. The van der Waals surface area contributed by atoms with Gasteiger partial charge in [0.05, 0.1) is 6.42 Å². The van der Waals surface area contributed by atoms with Crippen LogP contribution in [0.25, 0.3) is 0 Å². The van der Waals surface area contributed by atoms with Gasteiger partial charge >= 0.3 is 0 Å². The van der Waals surface area contributed by atoms with Gasteiger partial charge in [-0.3, -0.25) is 4.79 Å². The average Bonchev–Trinajstić information content (AvgIpc) is 2.90. The molecule has 19 heavy (non-hydrogen) atoms. The molecule has 0 atom stereocenters. The minimum atomic E-state index is 0.134. The van der Waals surface area contributed by atoms with Crippen molar-refractivity contribution < 1.29 is 4.79 Å². The van der Waals surface area contributed by atoms with E-state index in [9.17, 15) is 4.79 Å². The number of rotatable bonds is 3. The first-order chi connectivity index (χ1) is 9.15. The molecule has 0 bridgehead atoms. The van der Waals surface area contributed by atoms with Crippen LogP contribution in [-0.4, -0.2) is 22.0 Å². The van der Waals surface area contributed by atoms with Crippen molar-refractivity contribution in [2.45, 2.75) is 12.8 Å². The first kappa shape index (κ1) is 11.8. The number of nitrogens with zero attached hydrogens (tertiary/aromatic N) is 3. The molecule has 2 aromatic rings. The first-order valence-corrected chi connectivity index (χ1v) is 6.30. The van der Waals surface area contributed by atoms with Gasteiger partial charge < -0.3 is 15.2 Å². The zero-order valence-electron chi connectivity index (χ0n) is 10.8. The smallest absolute Gasteiger partial charge is 0.231 e. The van der Waals surface area contributed by atoms with E-state index in [0.29, 0.717) is 18.7 Å². The summed E-state index contributed by atoms with van der Waals surface area (Å²) in [6.45, 7) is 0.653. The van der Waals surface area contributed by atoms with Gasteiger partial charge in [-0.15, -0.1) is 0 Å². The third kappa shape index (κ3) is 2.07. The molecule has 0 saturated heterocycles. The second-order valence-corrected chi connectivity index (χ2v) is 4.81. The van der Waals surface area contributed by atoms with Gasteiger partial charge in [-0.1, -0.05) is 0 Å². The van der Waals surface area contributed by atoms with Crippen LogP contribution in [-0.2, 0) is 24.7 Å². The lowest BCUT2D eigenvalue weighted by molar-refractivity contribution is -0.117. The van der Waals surface area contributed by atoms with E-state index in [1.54, 1.807) is 6.20 Å². The van der Waals surface area contributed by atoms with E-state index in [0.717, 1.165) is 23.5 Å². The number of nitrogens with two attached hydrogens (primary N) is 1. The maximum absolute atomic E-state index is 12.0. The lowest BCUT2D eigenvalue weighted by Crippen LogP contribution is -2.29. The van der Waals surface area contributed by atoms with Crippen LogP contribution in [0.1, 0.15) is 11.4 Å². The molecule has 2 N–H and O–H groups in total. The van der Waals surface area contributed by atoms with E-state index in [1.165, 1.54) is 0 Å².